The first-order valence-corrected chi connectivity index (χ1v) is 8.54. The Morgan fingerprint density at radius 1 is 1.29 bits per heavy atom. The van der Waals surface area contributed by atoms with E-state index in [0.29, 0.717) is 6.04 Å². The maximum atomic E-state index is 11.5. The number of carbonyl (C=O) groups excluding carboxylic acids is 1. The predicted octanol–water partition coefficient (Wildman–Crippen LogP) is 0.341. The Morgan fingerprint density at radius 3 is 2.86 bits per heavy atom. The Bertz CT molecular complexity index is 426. The Labute approximate surface area is 126 Å². The van der Waals surface area contributed by atoms with E-state index < -0.39 is 0 Å². The van der Waals surface area contributed by atoms with E-state index in [1.807, 2.05) is 0 Å². The summed E-state index contributed by atoms with van der Waals surface area (Å²) < 4.78 is 5.34. The third kappa shape index (κ3) is 2.49. The van der Waals surface area contributed by atoms with Gasteiger partial charge in [0.25, 0.3) is 0 Å². The van der Waals surface area contributed by atoms with Crippen molar-refractivity contribution in [3.05, 3.63) is 0 Å². The van der Waals surface area contributed by atoms with Gasteiger partial charge in [-0.1, -0.05) is 0 Å². The van der Waals surface area contributed by atoms with Gasteiger partial charge >= 0.3 is 0 Å². The number of nitrogens with zero attached hydrogens (tertiary/aromatic N) is 1. The smallest absolute Gasteiger partial charge is 0.220 e. The molecule has 1 aliphatic carbocycles. The van der Waals surface area contributed by atoms with Crippen molar-refractivity contribution in [2.75, 3.05) is 32.8 Å². The third-order valence-corrected chi connectivity index (χ3v) is 6.31. The molecule has 3 unspecified atom stereocenters. The monoisotopic (exact) mass is 293 g/mol. The Kier molecular flexibility index (Phi) is 3.47. The second kappa shape index (κ2) is 5.21. The second-order valence-electron chi connectivity index (χ2n) is 7.57. The molecule has 1 amide bonds. The van der Waals surface area contributed by atoms with Gasteiger partial charge in [-0.15, -0.1) is 0 Å². The molecule has 5 heteroatoms. The Morgan fingerprint density at radius 2 is 2.14 bits per heavy atom. The summed E-state index contributed by atoms with van der Waals surface area (Å²) in [7, 11) is 0. The van der Waals surface area contributed by atoms with E-state index in [1.54, 1.807) is 0 Å². The van der Waals surface area contributed by atoms with Crippen LogP contribution >= 0.6 is 0 Å². The largest absolute Gasteiger partial charge is 0.378 e. The molecule has 3 N–H and O–H groups in total. The zero-order valence-electron chi connectivity index (χ0n) is 12.7. The molecule has 118 valence electrons. The van der Waals surface area contributed by atoms with Crippen molar-refractivity contribution in [3.63, 3.8) is 0 Å². The number of carbonyl (C=O) groups is 1. The summed E-state index contributed by atoms with van der Waals surface area (Å²) >= 11 is 0. The minimum atomic E-state index is -0.0987. The maximum Gasteiger partial charge on any atom is 0.220 e. The Hall–Kier alpha value is -0.650. The van der Waals surface area contributed by atoms with Crippen molar-refractivity contribution in [3.8, 4) is 0 Å². The van der Waals surface area contributed by atoms with Crippen LogP contribution in [0.2, 0.25) is 0 Å². The third-order valence-electron chi connectivity index (χ3n) is 6.31. The first kappa shape index (κ1) is 14.0. The van der Waals surface area contributed by atoms with Crippen LogP contribution in [-0.2, 0) is 9.53 Å². The highest BCUT2D eigenvalue weighted by atomic mass is 16.5. The molecule has 0 aromatic rings. The SMILES string of the molecule is NC(=O)C1CCNC2(C1)CC2[C@@H]1CCCN(C2COC2)C1. The number of primary amides is 1. The summed E-state index contributed by atoms with van der Waals surface area (Å²) in [6.07, 6.45) is 5.79. The van der Waals surface area contributed by atoms with Crippen LogP contribution in [0.25, 0.3) is 0 Å². The number of hydrogen-bond acceptors (Lipinski definition) is 4. The van der Waals surface area contributed by atoms with Gasteiger partial charge < -0.3 is 15.8 Å². The quantitative estimate of drug-likeness (QED) is 0.787. The molecule has 4 aliphatic rings. The van der Waals surface area contributed by atoms with Crippen molar-refractivity contribution >= 4 is 5.91 Å². The van der Waals surface area contributed by atoms with Crippen LogP contribution < -0.4 is 11.1 Å². The standard InChI is InChI=1S/C16H27N3O2/c17-15(20)11-3-4-18-16(6-11)7-14(16)12-2-1-5-19(8-12)13-9-21-10-13/h11-14,18H,1-10H2,(H2,17,20)/t11?,12-,14?,16?/m1/s1. The molecule has 4 fully saturated rings. The van der Waals surface area contributed by atoms with E-state index in [-0.39, 0.29) is 17.4 Å². The molecule has 3 saturated heterocycles. The highest BCUT2D eigenvalue weighted by Gasteiger charge is 2.59. The molecular formula is C16H27N3O2. The average Bonchev–Trinajstić information content (AvgIpc) is 3.10. The minimum absolute atomic E-state index is 0.0935. The lowest BCUT2D eigenvalue weighted by Crippen LogP contribution is -2.53. The fraction of sp³-hybridized carbons (Fsp3) is 0.938. The fourth-order valence-electron chi connectivity index (χ4n) is 4.88. The minimum Gasteiger partial charge on any atom is -0.378 e. The van der Waals surface area contributed by atoms with Crippen molar-refractivity contribution in [2.24, 2.45) is 23.5 Å². The van der Waals surface area contributed by atoms with Crippen LogP contribution in [0.4, 0.5) is 0 Å². The topological polar surface area (TPSA) is 67.6 Å². The van der Waals surface area contributed by atoms with E-state index in [0.717, 1.165) is 44.4 Å². The normalized spacial score (nSPS) is 44.5. The summed E-state index contributed by atoms with van der Waals surface area (Å²) in [4.78, 5) is 14.1. The number of nitrogens with one attached hydrogen (secondary N) is 1. The molecule has 5 nitrogen and oxygen atoms in total. The van der Waals surface area contributed by atoms with E-state index in [9.17, 15) is 4.79 Å². The number of amides is 1. The number of rotatable bonds is 3. The molecule has 1 saturated carbocycles. The number of likely N-dealkylation sites (tertiary alicyclic amines) is 1. The van der Waals surface area contributed by atoms with Crippen LogP contribution in [0.15, 0.2) is 0 Å². The van der Waals surface area contributed by atoms with Gasteiger partial charge in [-0.25, -0.2) is 0 Å². The van der Waals surface area contributed by atoms with Gasteiger partial charge in [0, 0.05) is 18.0 Å². The summed E-state index contributed by atoms with van der Waals surface area (Å²) in [6.45, 7) is 5.26. The lowest BCUT2D eigenvalue weighted by atomic mass is 9.84. The van der Waals surface area contributed by atoms with E-state index in [4.69, 9.17) is 10.5 Å². The first-order chi connectivity index (χ1) is 10.2. The number of ether oxygens (including phenoxy) is 1. The molecule has 4 rings (SSSR count). The molecule has 0 radical (unpaired) electrons. The molecule has 4 atom stereocenters. The lowest BCUT2D eigenvalue weighted by Gasteiger charge is -2.43. The summed E-state index contributed by atoms with van der Waals surface area (Å²) in [5.41, 5.74) is 5.78. The molecular weight excluding hydrogens is 266 g/mol. The van der Waals surface area contributed by atoms with Gasteiger partial charge in [-0.3, -0.25) is 9.69 Å². The van der Waals surface area contributed by atoms with Gasteiger partial charge in [0.05, 0.1) is 19.3 Å². The summed E-state index contributed by atoms with van der Waals surface area (Å²) in [5.74, 6) is 1.54. The van der Waals surface area contributed by atoms with Crippen molar-refractivity contribution in [1.29, 1.82) is 0 Å². The van der Waals surface area contributed by atoms with Crippen molar-refractivity contribution < 1.29 is 9.53 Å². The lowest BCUT2D eigenvalue weighted by molar-refractivity contribution is -0.123. The number of hydrogen-bond donors (Lipinski definition) is 2. The highest BCUT2D eigenvalue weighted by molar-refractivity contribution is 5.77. The average molecular weight is 293 g/mol. The highest BCUT2D eigenvalue weighted by Crippen LogP contribution is 2.55. The van der Waals surface area contributed by atoms with Gasteiger partial charge in [0.1, 0.15) is 0 Å². The molecule has 1 spiro atoms. The fourth-order valence-corrected chi connectivity index (χ4v) is 4.88. The van der Waals surface area contributed by atoms with Crippen molar-refractivity contribution in [2.45, 2.75) is 43.7 Å². The molecule has 0 bridgehead atoms. The summed E-state index contributed by atoms with van der Waals surface area (Å²) in [6, 6.07) is 0.667. The molecule has 0 aromatic carbocycles. The van der Waals surface area contributed by atoms with Gasteiger partial charge in [0.15, 0.2) is 0 Å². The van der Waals surface area contributed by atoms with Gasteiger partial charge in [-0.05, 0) is 57.0 Å². The van der Waals surface area contributed by atoms with Crippen molar-refractivity contribution in [1.82, 2.24) is 10.2 Å². The van der Waals surface area contributed by atoms with Gasteiger partial charge in [-0.2, -0.15) is 0 Å². The molecule has 3 aliphatic heterocycles. The van der Waals surface area contributed by atoms with Gasteiger partial charge in [0.2, 0.25) is 5.91 Å². The zero-order chi connectivity index (χ0) is 14.4. The molecule has 3 heterocycles. The maximum absolute atomic E-state index is 11.5. The Balaban J connectivity index is 1.38. The number of nitrogens with two attached hydrogens (primary N) is 1. The number of piperidine rings is 2. The predicted molar refractivity (Wildman–Crippen MR) is 79.7 cm³/mol. The molecule has 0 aromatic heterocycles. The van der Waals surface area contributed by atoms with Crippen LogP contribution in [-0.4, -0.2) is 55.2 Å². The summed E-state index contributed by atoms with van der Waals surface area (Å²) in [5, 5.41) is 3.72. The first-order valence-electron chi connectivity index (χ1n) is 8.54. The molecule has 21 heavy (non-hydrogen) atoms. The van der Waals surface area contributed by atoms with Crippen LogP contribution in [0.1, 0.15) is 32.1 Å². The van der Waals surface area contributed by atoms with Crippen LogP contribution in [0, 0.1) is 17.8 Å². The van der Waals surface area contributed by atoms with E-state index in [1.165, 1.54) is 32.4 Å². The van der Waals surface area contributed by atoms with Crippen LogP contribution in [0.5, 0.6) is 0 Å². The van der Waals surface area contributed by atoms with E-state index >= 15 is 0 Å². The van der Waals surface area contributed by atoms with Crippen LogP contribution in [0.3, 0.4) is 0 Å². The second-order valence-corrected chi connectivity index (χ2v) is 7.57. The zero-order valence-corrected chi connectivity index (χ0v) is 12.7. The van der Waals surface area contributed by atoms with E-state index in [2.05, 4.69) is 10.2 Å².